The number of allylic oxidation sites excluding steroid dienone is 2. The van der Waals surface area contributed by atoms with E-state index in [1.807, 2.05) is 12.1 Å². The molecular weight excluding hydrogens is 213 g/mol. The van der Waals surface area contributed by atoms with Crippen LogP contribution in [-0.2, 0) is 6.42 Å². The van der Waals surface area contributed by atoms with Crippen LogP contribution in [0, 0.1) is 12.3 Å². The molecule has 0 atom stereocenters. The molecule has 1 nitrogen and oxygen atoms in total. The minimum Gasteiger partial charge on any atom is -0.399 e. The molecule has 0 unspecified atom stereocenters. The quantitative estimate of drug-likeness (QED) is 0.577. The molecule has 2 heteroatoms. The van der Waals surface area contributed by atoms with Crippen molar-refractivity contribution < 1.29 is 4.39 Å². The van der Waals surface area contributed by atoms with E-state index >= 15 is 0 Å². The first-order valence-corrected chi connectivity index (χ1v) is 5.82. The van der Waals surface area contributed by atoms with Gasteiger partial charge in [-0.3, -0.25) is 0 Å². The van der Waals surface area contributed by atoms with E-state index in [-0.39, 0.29) is 11.7 Å². The van der Waals surface area contributed by atoms with Crippen molar-refractivity contribution in [2.45, 2.75) is 32.6 Å². The average Bonchev–Trinajstić information content (AvgIpc) is 2.28. The Balaban J connectivity index is 2.75. The first-order chi connectivity index (χ1) is 8.04. The van der Waals surface area contributed by atoms with Crippen LogP contribution in [0.1, 0.15) is 42.9 Å². The van der Waals surface area contributed by atoms with Crippen molar-refractivity contribution in [3.63, 3.8) is 0 Å². The molecule has 0 spiro atoms. The predicted octanol–water partition coefficient (Wildman–Crippen LogP) is 3.65. The van der Waals surface area contributed by atoms with E-state index in [0.717, 1.165) is 22.4 Å². The lowest BCUT2D eigenvalue weighted by atomic mass is 9.83. The SMILES string of the molecule is C#CC1=C(F)CCc2cc(N)cc(C(C)C)c21. The molecule has 0 radical (unpaired) electrons. The number of nitrogens with two attached hydrogens (primary N) is 1. The zero-order chi connectivity index (χ0) is 12.6. The molecule has 0 amide bonds. The fourth-order valence-corrected chi connectivity index (χ4v) is 2.37. The number of fused-ring (bicyclic) bond motifs is 1. The molecular formula is C15H16FN. The summed E-state index contributed by atoms with van der Waals surface area (Å²) in [7, 11) is 0. The molecule has 0 heterocycles. The Morgan fingerprint density at radius 3 is 2.65 bits per heavy atom. The molecule has 1 aromatic carbocycles. The molecule has 0 saturated carbocycles. The minimum atomic E-state index is -0.174. The Morgan fingerprint density at radius 1 is 1.35 bits per heavy atom. The van der Waals surface area contributed by atoms with E-state index in [1.54, 1.807) is 0 Å². The van der Waals surface area contributed by atoms with Gasteiger partial charge in [-0.05, 0) is 41.2 Å². The second-order valence-electron chi connectivity index (χ2n) is 4.72. The smallest absolute Gasteiger partial charge is 0.116 e. The Bertz CT molecular complexity index is 533. The first-order valence-electron chi connectivity index (χ1n) is 5.82. The Morgan fingerprint density at radius 2 is 2.06 bits per heavy atom. The molecule has 1 aromatic rings. The highest BCUT2D eigenvalue weighted by molar-refractivity contribution is 5.85. The number of rotatable bonds is 1. The number of terminal acetylenes is 1. The number of hydrogen-bond donors (Lipinski definition) is 1. The lowest BCUT2D eigenvalue weighted by molar-refractivity contribution is 0.586. The lowest BCUT2D eigenvalue weighted by Crippen LogP contribution is -2.08. The number of hydrogen-bond acceptors (Lipinski definition) is 1. The summed E-state index contributed by atoms with van der Waals surface area (Å²) in [5.74, 6) is 2.59. The molecule has 0 bridgehead atoms. The van der Waals surface area contributed by atoms with Gasteiger partial charge in [0.2, 0.25) is 0 Å². The summed E-state index contributed by atoms with van der Waals surface area (Å²) in [5, 5.41) is 0. The summed E-state index contributed by atoms with van der Waals surface area (Å²) < 4.78 is 13.8. The van der Waals surface area contributed by atoms with Crippen molar-refractivity contribution in [1.82, 2.24) is 0 Å². The average molecular weight is 229 g/mol. The van der Waals surface area contributed by atoms with Crippen molar-refractivity contribution in [3.8, 4) is 12.3 Å². The highest BCUT2D eigenvalue weighted by Crippen LogP contribution is 2.38. The van der Waals surface area contributed by atoms with Gasteiger partial charge in [-0.15, -0.1) is 6.42 Å². The maximum absolute atomic E-state index is 13.8. The number of benzene rings is 1. The summed E-state index contributed by atoms with van der Waals surface area (Å²) in [4.78, 5) is 0. The predicted molar refractivity (Wildman–Crippen MR) is 70.1 cm³/mol. The summed E-state index contributed by atoms with van der Waals surface area (Å²) in [6.45, 7) is 4.13. The van der Waals surface area contributed by atoms with Crippen LogP contribution in [0.3, 0.4) is 0 Å². The fourth-order valence-electron chi connectivity index (χ4n) is 2.37. The highest BCUT2D eigenvalue weighted by Gasteiger charge is 2.22. The van der Waals surface area contributed by atoms with E-state index in [4.69, 9.17) is 12.2 Å². The summed E-state index contributed by atoms with van der Waals surface area (Å²) in [6, 6.07) is 3.81. The third kappa shape index (κ3) is 1.93. The Kier molecular flexibility index (Phi) is 2.93. The first kappa shape index (κ1) is 11.7. The van der Waals surface area contributed by atoms with Crippen LogP contribution < -0.4 is 5.73 Å². The van der Waals surface area contributed by atoms with Crippen LogP contribution in [0.4, 0.5) is 10.1 Å². The molecule has 0 fully saturated rings. The van der Waals surface area contributed by atoms with Crippen molar-refractivity contribution in [2.24, 2.45) is 0 Å². The minimum absolute atomic E-state index is 0.174. The fraction of sp³-hybridized carbons (Fsp3) is 0.333. The maximum atomic E-state index is 13.8. The van der Waals surface area contributed by atoms with Gasteiger partial charge >= 0.3 is 0 Å². The van der Waals surface area contributed by atoms with Crippen LogP contribution in [-0.4, -0.2) is 0 Å². The summed E-state index contributed by atoms with van der Waals surface area (Å²) in [5.41, 5.74) is 10.0. The van der Waals surface area contributed by atoms with Gasteiger partial charge in [-0.2, -0.15) is 0 Å². The van der Waals surface area contributed by atoms with Crippen molar-refractivity contribution in [1.29, 1.82) is 0 Å². The highest BCUT2D eigenvalue weighted by atomic mass is 19.1. The van der Waals surface area contributed by atoms with E-state index in [1.165, 1.54) is 0 Å². The zero-order valence-corrected chi connectivity index (χ0v) is 10.2. The molecule has 88 valence electrons. The second kappa shape index (κ2) is 4.25. The van der Waals surface area contributed by atoms with E-state index in [0.29, 0.717) is 18.4 Å². The van der Waals surface area contributed by atoms with Gasteiger partial charge in [0.15, 0.2) is 0 Å². The van der Waals surface area contributed by atoms with Crippen LogP contribution in [0.2, 0.25) is 0 Å². The third-order valence-corrected chi connectivity index (χ3v) is 3.17. The molecule has 17 heavy (non-hydrogen) atoms. The van der Waals surface area contributed by atoms with Crippen LogP contribution in [0.25, 0.3) is 5.57 Å². The van der Waals surface area contributed by atoms with Gasteiger partial charge in [0.05, 0.1) is 5.57 Å². The van der Waals surface area contributed by atoms with Gasteiger partial charge in [-0.1, -0.05) is 19.8 Å². The van der Waals surface area contributed by atoms with Crippen molar-refractivity contribution in [2.75, 3.05) is 5.73 Å². The van der Waals surface area contributed by atoms with Gasteiger partial charge in [-0.25, -0.2) is 4.39 Å². The van der Waals surface area contributed by atoms with Gasteiger partial charge in [0.25, 0.3) is 0 Å². The number of anilines is 1. The van der Waals surface area contributed by atoms with Gasteiger partial charge in [0, 0.05) is 12.1 Å². The second-order valence-corrected chi connectivity index (χ2v) is 4.72. The monoisotopic (exact) mass is 229 g/mol. The molecule has 0 aromatic heterocycles. The molecule has 0 saturated heterocycles. The number of halogens is 1. The Hall–Kier alpha value is -1.75. The van der Waals surface area contributed by atoms with Crippen molar-refractivity contribution in [3.05, 3.63) is 34.6 Å². The normalized spacial score (nSPS) is 14.8. The number of aryl methyl sites for hydroxylation is 1. The summed E-state index contributed by atoms with van der Waals surface area (Å²) >= 11 is 0. The van der Waals surface area contributed by atoms with Gasteiger partial charge in [0.1, 0.15) is 5.83 Å². The lowest BCUT2D eigenvalue weighted by Gasteiger charge is -2.22. The van der Waals surface area contributed by atoms with Crippen molar-refractivity contribution >= 4 is 11.3 Å². The third-order valence-electron chi connectivity index (χ3n) is 3.17. The van der Waals surface area contributed by atoms with E-state index in [9.17, 15) is 4.39 Å². The zero-order valence-electron chi connectivity index (χ0n) is 10.2. The van der Waals surface area contributed by atoms with Gasteiger partial charge < -0.3 is 5.73 Å². The Labute approximate surface area is 102 Å². The topological polar surface area (TPSA) is 26.0 Å². The van der Waals surface area contributed by atoms with E-state index < -0.39 is 0 Å². The molecule has 2 rings (SSSR count). The molecule has 0 aliphatic heterocycles. The summed E-state index contributed by atoms with van der Waals surface area (Å²) in [6.07, 6.45) is 6.50. The van der Waals surface area contributed by atoms with E-state index in [2.05, 4.69) is 19.8 Å². The van der Waals surface area contributed by atoms with Crippen LogP contribution in [0.5, 0.6) is 0 Å². The number of nitrogen functional groups attached to an aromatic ring is 1. The molecule has 1 aliphatic rings. The largest absolute Gasteiger partial charge is 0.399 e. The van der Waals surface area contributed by atoms with Crippen LogP contribution >= 0.6 is 0 Å². The molecule has 1 aliphatic carbocycles. The standard InChI is InChI=1S/C15H16FN/c1-4-12-14(16)6-5-10-7-11(17)8-13(9(2)3)15(10)12/h1,7-9H,5-6,17H2,2-3H3. The van der Waals surface area contributed by atoms with Crippen LogP contribution in [0.15, 0.2) is 18.0 Å². The molecule has 2 N–H and O–H groups in total. The maximum Gasteiger partial charge on any atom is 0.116 e.